The number of aromatic nitrogens is 1. The fourth-order valence-corrected chi connectivity index (χ4v) is 3.42. The molecule has 2 unspecified atom stereocenters. The van der Waals surface area contributed by atoms with Crippen molar-refractivity contribution in [2.24, 2.45) is 0 Å². The number of pyridine rings is 1. The first-order valence-electron chi connectivity index (χ1n) is 7.24. The second-order valence-electron chi connectivity index (χ2n) is 5.51. The van der Waals surface area contributed by atoms with Crippen molar-refractivity contribution in [3.63, 3.8) is 0 Å². The van der Waals surface area contributed by atoms with Crippen LogP contribution in [0.3, 0.4) is 0 Å². The molecule has 0 fully saturated rings. The molecule has 1 aliphatic rings. The second-order valence-corrected chi connectivity index (χ2v) is 5.91. The fourth-order valence-electron chi connectivity index (χ4n) is 3.22. The molecule has 1 heterocycles. The lowest BCUT2D eigenvalue weighted by molar-refractivity contribution is 0.443. The van der Waals surface area contributed by atoms with Gasteiger partial charge in [0.15, 0.2) is 0 Å². The van der Waals surface area contributed by atoms with Crippen LogP contribution in [0.1, 0.15) is 29.2 Å². The number of rotatable bonds is 4. The Kier molecular flexibility index (Phi) is 4.22. The monoisotopic (exact) mass is 304 g/mol. The molecule has 3 rings (SSSR count). The van der Waals surface area contributed by atoms with Crippen molar-refractivity contribution in [3.05, 3.63) is 64.2 Å². The van der Waals surface area contributed by atoms with Gasteiger partial charge >= 0.3 is 0 Å². The highest BCUT2D eigenvalue weighted by Crippen LogP contribution is 2.35. The Morgan fingerprint density at radius 1 is 1.38 bits per heavy atom. The molecule has 21 heavy (non-hydrogen) atoms. The van der Waals surface area contributed by atoms with Crippen LogP contribution in [0.2, 0.25) is 5.02 Å². The van der Waals surface area contributed by atoms with Crippen LogP contribution in [0.25, 0.3) is 0 Å². The van der Waals surface area contributed by atoms with E-state index in [1.165, 1.54) is 5.56 Å². The quantitative estimate of drug-likeness (QED) is 0.931. The van der Waals surface area contributed by atoms with Gasteiger partial charge in [0.25, 0.3) is 0 Å². The first kappa shape index (κ1) is 14.5. The number of nitrogens with one attached hydrogen (secondary N) is 1. The molecular formula is C17H18ClFN2. The number of fused-ring (bicyclic) bond motifs is 1. The van der Waals surface area contributed by atoms with E-state index >= 15 is 0 Å². The SMILES string of the molecule is CNC(Cc1cccc(Cl)c1F)C1CCc2cccnc21. The average Bonchev–Trinajstić information content (AvgIpc) is 2.93. The van der Waals surface area contributed by atoms with E-state index in [4.69, 9.17) is 11.6 Å². The summed E-state index contributed by atoms with van der Waals surface area (Å²) in [7, 11) is 1.92. The van der Waals surface area contributed by atoms with E-state index in [0.29, 0.717) is 17.9 Å². The Hall–Kier alpha value is -1.45. The maximum atomic E-state index is 14.1. The summed E-state index contributed by atoms with van der Waals surface area (Å²) in [4.78, 5) is 4.53. The zero-order valence-electron chi connectivity index (χ0n) is 11.9. The van der Waals surface area contributed by atoms with Gasteiger partial charge in [0.2, 0.25) is 0 Å². The molecule has 1 N–H and O–H groups in total. The Morgan fingerprint density at radius 2 is 2.24 bits per heavy atom. The van der Waals surface area contributed by atoms with Crippen LogP contribution in [0.15, 0.2) is 36.5 Å². The maximum absolute atomic E-state index is 14.1. The van der Waals surface area contributed by atoms with Gasteiger partial charge in [0.1, 0.15) is 5.82 Å². The third kappa shape index (κ3) is 2.81. The molecule has 4 heteroatoms. The van der Waals surface area contributed by atoms with Crippen molar-refractivity contribution in [2.75, 3.05) is 7.05 Å². The molecule has 2 aromatic rings. The predicted octanol–water partition coefficient (Wildman–Crippen LogP) is 3.73. The van der Waals surface area contributed by atoms with Crippen molar-refractivity contribution in [1.29, 1.82) is 0 Å². The molecule has 110 valence electrons. The molecule has 2 nitrogen and oxygen atoms in total. The molecule has 0 saturated heterocycles. The van der Waals surface area contributed by atoms with Crippen molar-refractivity contribution in [3.8, 4) is 0 Å². The fraction of sp³-hybridized carbons (Fsp3) is 0.353. The maximum Gasteiger partial charge on any atom is 0.145 e. The molecule has 0 spiro atoms. The zero-order chi connectivity index (χ0) is 14.8. The molecule has 1 aliphatic carbocycles. The molecule has 0 saturated carbocycles. The normalized spacial score (nSPS) is 18.5. The second kappa shape index (κ2) is 6.12. The van der Waals surface area contributed by atoms with Gasteiger partial charge in [0, 0.05) is 23.9 Å². The summed E-state index contributed by atoms with van der Waals surface area (Å²) in [6.07, 6.45) is 4.55. The number of benzene rings is 1. The standard InChI is InChI=1S/C17H18ClFN2/c1-20-15(10-12-4-2-6-14(18)16(12)19)13-8-7-11-5-3-9-21-17(11)13/h2-6,9,13,15,20H,7-8,10H2,1H3. The molecule has 0 bridgehead atoms. The van der Waals surface area contributed by atoms with E-state index in [-0.39, 0.29) is 16.9 Å². The Morgan fingerprint density at radius 3 is 3.05 bits per heavy atom. The summed E-state index contributed by atoms with van der Waals surface area (Å²) in [6, 6.07) is 9.46. The lowest BCUT2D eigenvalue weighted by Gasteiger charge is -2.23. The van der Waals surface area contributed by atoms with E-state index in [9.17, 15) is 4.39 Å². The van der Waals surface area contributed by atoms with Gasteiger partial charge in [-0.1, -0.05) is 29.8 Å². The smallest absolute Gasteiger partial charge is 0.145 e. The summed E-state index contributed by atoms with van der Waals surface area (Å²) in [5, 5.41) is 3.52. The summed E-state index contributed by atoms with van der Waals surface area (Å²) < 4.78 is 14.1. The summed E-state index contributed by atoms with van der Waals surface area (Å²) in [6.45, 7) is 0. The van der Waals surface area contributed by atoms with Crippen molar-refractivity contribution < 1.29 is 4.39 Å². The van der Waals surface area contributed by atoms with Crippen molar-refractivity contribution in [1.82, 2.24) is 10.3 Å². The molecule has 0 amide bonds. The van der Waals surface area contributed by atoms with Gasteiger partial charge in [0.05, 0.1) is 5.02 Å². The van der Waals surface area contributed by atoms with Crippen molar-refractivity contribution >= 4 is 11.6 Å². The third-order valence-corrected chi connectivity index (χ3v) is 4.62. The highest BCUT2D eigenvalue weighted by molar-refractivity contribution is 6.30. The lowest BCUT2D eigenvalue weighted by atomic mass is 9.91. The molecule has 1 aromatic heterocycles. The predicted molar refractivity (Wildman–Crippen MR) is 83.3 cm³/mol. The number of hydrogen-bond donors (Lipinski definition) is 1. The van der Waals surface area contributed by atoms with Gasteiger partial charge in [-0.3, -0.25) is 4.98 Å². The van der Waals surface area contributed by atoms with Crippen LogP contribution in [0.4, 0.5) is 4.39 Å². The highest BCUT2D eigenvalue weighted by atomic mass is 35.5. The molecule has 0 radical (unpaired) electrons. The van der Waals surface area contributed by atoms with E-state index in [2.05, 4.69) is 16.4 Å². The Balaban J connectivity index is 1.85. The van der Waals surface area contributed by atoms with Gasteiger partial charge in [-0.25, -0.2) is 4.39 Å². The topological polar surface area (TPSA) is 24.9 Å². The largest absolute Gasteiger partial charge is 0.316 e. The van der Waals surface area contributed by atoms with E-state index in [1.54, 1.807) is 18.2 Å². The minimum absolute atomic E-state index is 0.161. The van der Waals surface area contributed by atoms with E-state index in [1.807, 2.05) is 19.3 Å². The molecule has 1 aromatic carbocycles. The van der Waals surface area contributed by atoms with E-state index in [0.717, 1.165) is 18.5 Å². The van der Waals surface area contributed by atoms with Gasteiger partial charge < -0.3 is 5.32 Å². The van der Waals surface area contributed by atoms with Crippen LogP contribution in [-0.2, 0) is 12.8 Å². The Bertz CT molecular complexity index is 644. The number of hydrogen-bond acceptors (Lipinski definition) is 2. The van der Waals surface area contributed by atoms with Gasteiger partial charge in [-0.15, -0.1) is 0 Å². The molecule has 0 aliphatic heterocycles. The summed E-state index contributed by atoms with van der Waals surface area (Å²) >= 11 is 5.87. The number of aryl methyl sites for hydroxylation is 1. The minimum Gasteiger partial charge on any atom is -0.316 e. The highest BCUT2D eigenvalue weighted by Gasteiger charge is 2.30. The summed E-state index contributed by atoms with van der Waals surface area (Å²) in [5.41, 5.74) is 3.12. The molecule has 2 atom stereocenters. The molecular weight excluding hydrogens is 287 g/mol. The van der Waals surface area contributed by atoms with Crippen LogP contribution >= 0.6 is 11.6 Å². The Labute approximate surface area is 129 Å². The van der Waals surface area contributed by atoms with Gasteiger partial charge in [-0.05, 0) is 49.6 Å². The summed E-state index contributed by atoms with van der Waals surface area (Å²) in [5.74, 6) is 0.0169. The lowest BCUT2D eigenvalue weighted by Crippen LogP contribution is -2.34. The minimum atomic E-state index is -0.307. The van der Waals surface area contributed by atoms with Gasteiger partial charge in [-0.2, -0.15) is 0 Å². The van der Waals surface area contributed by atoms with Crippen LogP contribution < -0.4 is 5.32 Å². The number of halogens is 2. The average molecular weight is 305 g/mol. The zero-order valence-corrected chi connectivity index (χ0v) is 12.7. The van der Waals surface area contributed by atoms with Crippen LogP contribution in [0.5, 0.6) is 0 Å². The first-order chi connectivity index (χ1) is 10.2. The number of nitrogens with zero attached hydrogens (tertiary/aromatic N) is 1. The van der Waals surface area contributed by atoms with Crippen molar-refractivity contribution in [2.45, 2.75) is 31.2 Å². The van der Waals surface area contributed by atoms with Crippen LogP contribution in [0, 0.1) is 5.82 Å². The first-order valence-corrected chi connectivity index (χ1v) is 7.62. The van der Waals surface area contributed by atoms with E-state index < -0.39 is 0 Å². The number of likely N-dealkylation sites (N-methyl/N-ethyl adjacent to an activating group) is 1. The third-order valence-electron chi connectivity index (χ3n) is 4.33. The van der Waals surface area contributed by atoms with Crippen LogP contribution in [-0.4, -0.2) is 18.1 Å².